The Hall–Kier alpha value is -2.21. The van der Waals surface area contributed by atoms with E-state index in [0.29, 0.717) is 43.4 Å². The Balaban J connectivity index is 1.70. The third kappa shape index (κ3) is 4.61. The van der Waals surface area contributed by atoms with E-state index in [2.05, 4.69) is 11.5 Å². The number of benzene rings is 2. The number of nitrogens with zero attached hydrogens (tertiary/aromatic N) is 1. The van der Waals surface area contributed by atoms with Gasteiger partial charge in [0.25, 0.3) is 0 Å². The Morgan fingerprint density at radius 3 is 2.18 bits per heavy atom. The molecule has 5 heteroatoms. The predicted molar refractivity (Wildman–Crippen MR) is 113 cm³/mol. The van der Waals surface area contributed by atoms with Crippen molar-refractivity contribution in [2.75, 3.05) is 20.3 Å². The largest absolute Gasteiger partial charge is 0.393 e. The van der Waals surface area contributed by atoms with Crippen LogP contribution in [0.3, 0.4) is 0 Å². The quantitative estimate of drug-likeness (QED) is 0.428. The lowest BCUT2D eigenvalue weighted by atomic mass is 10.1. The molecule has 5 nitrogen and oxygen atoms in total. The zero-order valence-electron chi connectivity index (χ0n) is 16.6. The summed E-state index contributed by atoms with van der Waals surface area (Å²) in [6.45, 7) is 3.75. The summed E-state index contributed by atoms with van der Waals surface area (Å²) >= 11 is 0. The summed E-state index contributed by atoms with van der Waals surface area (Å²) in [5.41, 5.74) is 1.86. The maximum absolute atomic E-state index is 12.8. The van der Waals surface area contributed by atoms with Crippen LogP contribution in [0, 0.1) is 0 Å². The molecule has 1 aromatic heterocycles. The van der Waals surface area contributed by atoms with Crippen molar-refractivity contribution >= 4 is 21.8 Å². The summed E-state index contributed by atoms with van der Waals surface area (Å²) in [7, 11) is 1.69. The van der Waals surface area contributed by atoms with Crippen LogP contribution in [0.5, 0.6) is 0 Å². The molecule has 0 aliphatic carbocycles. The number of para-hydroxylation sites is 2. The van der Waals surface area contributed by atoms with Gasteiger partial charge in [0.2, 0.25) is 0 Å². The smallest absolute Gasteiger partial charge is 0.197 e. The fraction of sp³-hybridized carbons (Fsp3) is 0.435. The predicted octanol–water partition coefficient (Wildman–Crippen LogP) is 3.74. The van der Waals surface area contributed by atoms with E-state index < -0.39 is 6.10 Å². The third-order valence-electron chi connectivity index (χ3n) is 5.25. The Labute approximate surface area is 165 Å². The SMILES string of the molecule is CCC(COCCC(O)CCn1c2ccccc2c(=O)c2ccccc21)OC. The number of rotatable bonds is 10. The maximum atomic E-state index is 12.8. The molecule has 1 N–H and O–H groups in total. The zero-order chi connectivity index (χ0) is 19.9. The van der Waals surface area contributed by atoms with Gasteiger partial charge >= 0.3 is 0 Å². The van der Waals surface area contributed by atoms with E-state index in [4.69, 9.17) is 9.47 Å². The molecule has 2 aromatic carbocycles. The molecule has 3 aromatic rings. The number of fused-ring (bicyclic) bond motifs is 2. The maximum Gasteiger partial charge on any atom is 0.197 e. The van der Waals surface area contributed by atoms with Gasteiger partial charge in [-0.2, -0.15) is 0 Å². The van der Waals surface area contributed by atoms with Gasteiger partial charge < -0.3 is 19.1 Å². The molecule has 0 bridgehead atoms. The molecule has 0 radical (unpaired) electrons. The summed E-state index contributed by atoms with van der Waals surface area (Å²) in [5.74, 6) is 0. The molecule has 0 amide bonds. The number of ether oxygens (including phenoxy) is 2. The van der Waals surface area contributed by atoms with Crippen LogP contribution in [-0.4, -0.2) is 42.2 Å². The lowest BCUT2D eigenvalue weighted by Gasteiger charge is -2.18. The second-order valence-electron chi connectivity index (χ2n) is 7.09. The van der Waals surface area contributed by atoms with Crippen molar-refractivity contribution in [3.05, 3.63) is 58.8 Å². The van der Waals surface area contributed by atoms with E-state index in [1.807, 2.05) is 48.5 Å². The summed E-state index contributed by atoms with van der Waals surface area (Å²) in [5, 5.41) is 11.8. The van der Waals surface area contributed by atoms with Crippen molar-refractivity contribution in [2.24, 2.45) is 0 Å². The van der Waals surface area contributed by atoms with Crippen molar-refractivity contribution < 1.29 is 14.6 Å². The van der Waals surface area contributed by atoms with Gasteiger partial charge in [0.05, 0.1) is 29.8 Å². The molecule has 3 rings (SSSR count). The van der Waals surface area contributed by atoms with Gasteiger partial charge in [0, 0.05) is 31.0 Å². The first-order valence-electron chi connectivity index (χ1n) is 9.94. The van der Waals surface area contributed by atoms with Crippen molar-refractivity contribution in [2.45, 2.75) is 44.9 Å². The van der Waals surface area contributed by atoms with Crippen LogP contribution in [-0.2, 0) is 16.0 Å². The minimum Gasteiger partial charge on any atom is -0.393 e. The number of aromatic nitrogens is 1. The van der Waals surface area contributed by atoms with Crippen LogP contribution in [0.4, 0.5) is 0 Å². The second kappa shape index (κ2) is 9.82. The lowest BCUT2D eigenvalue weighted by Crippen LogP contribution is -2.20. The average Bonchev–Trinajstić information content (AvgIpc) is 2.74. The van der Waals surface area contributed by atoms with Crippen LogP contribution in [0.15, 0.2) is 53.3 Å². The first-order chi connectivity index (χ1) is 13.7. The van der Waals surface area contributed by atoms with E-state index in [1.54, 1.807) is 7.11 Å². The highest BCUT2D eigenvalue weighted by Crippen LogP contribution is 2.20. The Bertz CT molecular complexity index is 902. The highest BCUT2D eigenvalue weighted by Gasteiger charge is 2.12. The molecule has 28 heavy (non-hydrogen) atoms. The summed E-state index contributed by atoms with van der Waals surface area (Å²) in [4.78, 5) is 12.8. The van der Waals surface area contributed by atoms with Gasteiger partial charge in [-0.1, -0.05) is 31.2 Å². The highest BCUT2D eigenvalue weighted by atomic mass is 16.5. The van der Waals surface area contributed by atoms with Crippen molar-refractivity contribution in [3.8, 4) is 0 Å². The van der Waals surface area contributed by atoms with Gasteiger partial charge in [-0.25, -0.2) is 0 Å². The van der Waals surface area contributed by atoms with E-state index in [0.717, 1.165) is 17.5 Å². The van der Waals surface area contributed by atoms with E-state index in [-0.39, 0.29) is 11.5 Å². The average molecular weight is 383 g/mol. The number of methoxy groups -OCH3 is 1. The number of aryl methyl sites for hydroxylation is 1. The topological polar surface area (TPSA) is 60.7 Å². The number of aliphatic hydroxyl groups is 1. The molecular weight excluding hydrogens is 354 g/mol. The van der Waals surface area contributed by atoms with Crippen LogP contribution in [0.25, 0.3) is 21.8 Å². The van der Waals surface area contributed by atoms with Crippen molar-refractivity contribution in [3.63, 3.8) is 0 Å². The number of hydrogen-bond donors (Lipinski definition) is 1. The lowest BCUT2D eigenvalue weighted by molar-refractivity contribution is -0.00359. The number of hydrogen-bond acceptors (Lipinski definition) is 4. The minimum atomic E-state index is -0.459. The van der Waals surface area contributed by atoms with Gasteiger partial charge in [-0.15, -0.1) is 0 Å². The van der Waals surface area contributed by atoms with E-state index in [1.165, 1.54) is 0 Å². The molecule has 2 atom stereocenters. The van der Waals surface area contributed by atoms with Crippen molar-refractivity contribution in [1.82, 2.24) is 4.57 Å². The normalized spacial score (nSPS) is 13.8. The Morgan fingerprint density at radius 2 is 1.61 bits per heavy atom. The number of pyridine rings is 1. The zero-order valence-corrected chi connectivity index (χ0v) is 16.6. The molecule has 2 unspecified atom stereocenters. The number of aliphatic hydroxyl groups excluding tert-OH is 1. The summed E-state index contributed by atoms with van der Waals surface area (Å²) in [6, 6.07) is 15.3. The fourth-order valence-electron chi connectivity index (χ4n) is 3.53. The minimum absolute atomic E-state index is 0.0556. The molecule has 1 heterocycles. The molecule has 0 fully saturated rings. The molecule has 150 valence electrons. The molecule has 0 saturated heterocycles. The first-order valence-corrected chi connectivity index (χ1v) is 9.94. The monoisotopic (exact) mass is 383 g/mol. The molecule has 0 aliphatic heterocycles. The second-order valence-corrected chi connectivity index (χ2v) is 7.09. The Kier molecular flexibility index (Phi) is 7.20. The third-order valence-corrected chi connectivity index (χ3v) is 5.25. The van der Waals surface area contributed by atoms with Crippen LogP contribution in [0.1, 0.15) is 26.2 Å². The van der Waals surface area contributed by atoms with E-state index >= 15 is 0 Å². The van der Waals surface area contributed by atoms with Crippen LogP contribution < -0.4 is 5.43 Å². The molecule has 0 saturated carbocycles. The highest BCUT2D eigenvalue weighted by molar-refractivity contribution is 5.93. The van der Waals surface area contributed by atoms with Gasteiger partial charge in [-0.05, 0) is 43.5 Å². The summed E-state index contributed by atoms with van der Waals surface area (Å²) in [6.07, 6.45) is 1.74. The fourth-order valence-corrected chi connectivity index (χ4v) is 3.53. The standard InChI is InChI=1S/C23H29NO4/c1-3-18(27-2)16-28-15-13-17(25)12-14-24-21-10-6-4-8-19(21)23(26)20-9-5-7-11-22(20)24/h4-11,17-18,25H,3,12-16H2,1-2H3. The van der Waals surface area contributed by atoms with Gasteiger partial charge in [0.15, 0.2) is 5.43 Å². The van der Waals surface area contributed by atoms with E-state index in [9.17, 15) is 9.90 Å². The summed E-state index contributed by atoms with van der Waals surface area (Å²) < 4.78 is 13.0. The van der Waals surface area contributed by atoms with Crippen LogP contribution in [0.2, 0.25) is 0 Å². The van der Waals surface area contributed by atoms with Crippen molar-refractivity contribution in [1.29, 1.82) is 0 Å². The first kappa shape index (κ1) is 20.5. The molecular formula is C23H29NO4. The van der Waals surface area contributed by atoms with Crippen LogP contribution >= 0.6 is 0 Å². The molecule has 0 aliphatic rings. The van der Waals surface area contributed by atoms with Gasteiger partial charge in [-0.3, -0.25) is 4.79 Å². The molecule has 0 spiro atoms. The van der Waals surface area contributed by atoms with Gasteiger partial charge in [0.1, 0.15) is 0 Å². The Morgan fingerprint density at radius 1 is 1.00 bits per heavy atom.